The monoisotopic (exact) mass is 633 g/mol. The molecule has 0 saturated carbocycles. The van der Waals surface area contributed by atoms with Crippen molar-refractivity contribution in [2.24, 2.45) is 5.41 Å². The van der Waals surface area contributed by atoms with Crippen LogP contribution in [0.1, 0.15) is 40.0 Å². The fourth-order valence-corrected chi connectivity index (χ4v) is 5.96. The van der Waals surface area contributed by atoms with Gasteiger partial charge in [0.2, 0.25) is 5.91 Å². The summed E-state index contributed by atoms with van der Waals surface area (Å²) in [4.78, 5) is 36.4. The van der Waals surface area contributed by atoms with Crippen LogP contribution in [0.2, 0.25) is 0 Å². The third-order valence-corrected chi connectivity index (χ3v) is 8.14. The molecule has 0 unspecified atom stereocenters. The van der Waals surface area contributed by atoms with Crippen LogP contribution in [0, 0.1) is 11.2 Å². The Balaban J connectivity index is 1.17. The first-order chi connectivity index (χ1) is 22.7. The van der Waals surface area contributed by atoms with E-state index in [9.17, 15) is 9.18 Å². The second-order valence-corrected chi connectivity index (χ2v) is 13.2. The molecule has 0 bridgehead atoms. The van der Waals surface area contributed by atoms with Gasteiger partial charge in [-0.3, -0.25) is 19.8 Å². The Morgan fingerprint density at radius 2 is 1.83 bits per heavy atom. The van der Waals surface area contributed by atoms with Gasteiger partial charge in [-0.15, -0.1) is 0 Å². The van der Waals surface area contributed by atoms with E-state index in [1.54, 1.807) is 24.8 Å². The molecule has 5 aromatic heterocycles. The highest BCUT2D eigenvalue weighted by Crippen LogP contribution is 2.34. The Morgan fingerprint density at radius 1 is 1.00 bits per heavy atom. The number of anilines is 1. The molecular weight excluding hydrogens is 597 g/mol. The van der Waals surface area contributed by atoms with Crippen molar-refractivity contribution in [1.82, 2.24) is 40.0 Å². The molecule has 1 amide bonds. The number of likely N-dealkylation sites (tertiary alicyclic amines) is 1. The standard InChI is InChI=1S/C35H36FN9O2/c1-35(2,3)17-29(46)40-25-13-22(18-37-20-25)23-15-28-31(43-44-32(28)39-19-23)34-41-30-27(6-7-38-33(30)42-34)21-12-24(36)16-26(14-21)47-11-10-45-8-4-5-9-45/h6-7,12-16,18-20H,4-5,8-11,17H2,1-3H3,(H,40,46)(H,38,41,42)(H,39,43,44). The topological polar surface area (TPSA) is 138 Å². The molecule has 0 radical (unpaired) electrons. The van der Waals surface area contributed by atoms with E-state index in [0.29, 0.717) is 58.4 Å². The van der Waals surface area contributed by atoms with Gasteiger partial charge in [-0.2, -0.15) is 5.10 Å². The Hall–Kier alpha value is -5.23. The largest absolute Gasteiger partial charge is 0.492 e. The van der Waals surface area contributed by atoms with E-state index in [4.69, 9.17) is 9.72 Å². The summed E-state index contributed by atoms with van der Waals surface area (Å²) in [6.45, 7) is 9.55. The zero-order valence-corrected chi connectivity index (χ0v) is 26.6. The van der Waals surface area contributed by atoms with Crippen LogP contribution >= 0.6 is 0 Å². The zero-order chi connectivity index (χ0) is 32.5. The minimum Gasteiger partial charge on any atom is -0.492 e. The van der Waals surface area contributed by atoms with Crippen molar-refractivity contribution in [2.45, 2.75) is 40.0 Å². The molecule has 1 aliphatic heterocycles. The van der Waals surface area contributed by atoms with Crippen LogP contribution in [0.3, 0.4) is 0 Å². The minimum absolute atomic E-state index is 0.0699. The van der Waals surface area contributed by atoms with Gasteiger partial charge in [-0.05, 0) is 67.2 Å². The number of amides is 1. The number of nitrogens with zero attached hydrogens (tertiary/aromatic N) is 6. The summed E-state index contributed by atoms with van der Waals surface area (Å²) in [6.07, 6.45) is 9.55. The lowest BCUT2D eigenvalue weighted by molar-refractivity contribution is -0.117. The lowest BCUT2D eigenvalue weighted by Gasteiger charge is -2.17. The number of hydrogen-bond donors (Lipinski definition) is 3. The molecule has 6 heterocycles. The number of imidazole rings is 1. The number of halogens is 1. The average Bonchev–Trinajstić information content (AvgIpc) is 3.79. The minimum atomic E-state index is -0.381. The summed E-state index contributed by atoms with van der Waals surface area (Å²) in [6, 6.07) is 10.4. The van der Waals surface area contributed by atoms with E-state index in [1.165, 1.54) is 25.0 Å². The number of benzene rings is 1. The summed E-state index contributed by atoms with van der Waals surface area (Å²) in [5, 5.41) is 11.1. The summed E-state index contributed by atoms with van der Waals surface area (Å²) < 4.78 is 20.8. The number of carbonyl (C=O) groups excluding carboxylic acids is 1. The summed E-state index contributed by atoms with van der Waals surface area (Å²) in [7, 11) is 0. The van der Waals surface area contributed by atoms with E-state index >= 15 is 0 Å². The van der Waals surface area contributed by atoms with E-state index in [2.05, 4.69) is 40.3 Å². The summed E-state index contributed by atoms with van der Waals surface area (Å²) in [5.41, 5.74) is 5.75. The molecule has 0 aliphatic carbocycles. The molecule has 240 valence electrons. The first-order valence-electron chi connectivity index (χ1n) is 15.8. The number of nitrogens with one attached hydrogen (secondary N) is 3. The van der Waals surface area contributed by atoms with Crippen molar-refractivity contribution in [3.8, 4) is 39.5 Å². The lowest BCUT2D eigenvalue weighted by atomic mass is 9.92. The highest BCUT2D eigenvalue weighted by Gasteiger charge is 2.19. The van der Waals surface area contributed by atoms with E-state index in [1.807, 2.05) is 45.0 Å². The third kappa shape index (κ3) is 6.82. The molecule has 6 aromatic rings. The maximum atomic E-state index is 14.8. The molecule has 7 rings (SSSR count). The van der Waals surface area contributed by atoms with Crippen LogP contribution in [0.5, 0.6) is 5.75 Å². The van der Waals surface area contributed by atoms with Crippen LogP contribution in [0.25, 0.3) is 56.0 Å². The van der Waals surface area contributed by atoms with Crippen molar-refractivity contribution >= 4 is 33.8 Å². The maximum Gasteiger partial charge on any atom is 0.224 e. The Morgan fingerprint density at radius 3 is 2.66 bits per heavy atom. The van der Waals surface area contributed by atoms with E-state index in [0.717, 1.165) is 41.7 Å². The summed E-state index contributed by atoms with van der Waals surface area (Å²) in [5.74, 6) is 0.545. The van der Waals surface area contributed by atoms with Gasteiger partial charge in [0.1, 0.15) is 23.9 Å². The SMILES string of the molecule is CC(C)(C)CC(=O)Nc1cncc(-c2cnc3n[nH]c(-c4nc5nccc(-c6cc(F)cc(OCCN7CCCC7)c6)c5[nH]4)c3c2)c1. The number of carbonyl (C=O) groups is 1. The van der Waals surface area contributed by atoms with Gasteiger partial charge in [0.25, 0.3) is 0 Å². The maximum absolute atomic E-state index is 14.8. The fourth-order valence-electron chi connectivity index (χ4n) is 5.96. The van der Waals surface area contributed by atoms with Crippen molar-refractivity contribution in [3.05, 3.63) is 67.0 Å². The van der Waals surface area contributed by atoms with Gasteiger partial charge in [-0.1, -0.05) is 20.8 Å². The van der Waals surface area contributed by atoms with Crippen molar-refractivity contribution in [2.75, 3.05) is 31.6 Å². The first kappa shape index (κ1) is 30.4. The second kappa shape index (κ2) is 12.5. The molecule has 1 aliphatic rings. The van der Waals surface area contributed by atoms with Crippen LogP contribution in [-0.4, -0.2) is 72.2 Å². The van der Waals surface area contributed by atoms with Gasteiger partial charge >= 0.3 is 0 Å². The second-order valence-electron chi connectivity index (χ2n) is 13.2. The van der Waals surface area contributed by atoms with Crippen LogP contribution in [0.15, 0.2) is 61.2 Å². The highest BCUT2D eigenvalue weighted by atomic mass is 19.1. The molecule has 0 spiro atoms. The predicted octanol–water partition coefficient (Wildman–Crippen LogP) is 6.61. The smallest absolute Gasteiger partial charge is 0.224 e. The molecule has 11 nitrogen and oxygen atoms in total. The molecule has 0 atom stereocenters. The van der Waals surface area contributed by atoms with Gasteiger partial charge in [0, 0.05) is 54.3 Å². The Kier molecular flexibility index (Phi) is 8.10. The number of fused-ring (bicyclic) bond motifs is 2. The Labute approximate surface area is 271 Å². The number of rotatable bonds is 9. The quantitative estimate of drug-likeness (QED) is 0.162. The number of aromatic nitrogens is 7. The van der Waals surface area contributed by atoms with Crippen molar-refractivity contribution in [3.63, 3.8) is 0 Å². The average molecular weight is 634 g/mol. The number of H-pyrrole nitrogens is 2. The molecule has 1 fully saturated rings. The zero-order valence-electron chi connectivity index (χ0n) is 26.6. The first-order valence-corrected chi connectivity index (χ1v) is 15.8. The van der Waals surface area contributed by atoms with Crippen LogP contribution in [-0.2, 0) is 4.79 Å². The number of pyridine rings is 3. The van der Waals surface area contributed by atoms with E-state index in [-0.39, 0.29) is 17.1 Å². The molecule has 3 N–H and O–H groups in total. The third-order valence-electron chi connectivity index (χ3n) is 8.14. The number of hydrogen-bond acceptors (Lipinski definition) is 8. The van der Waals surface area contributed by atoms with Crippen LogP contribution in [0.4, 0.5) is 10.1 Å². The van der Waals surface area contributed by atoms with Gasteiger partial charge in [0.15, 0.2) is 17.1 Å². The normalized spacial score (nSPS) is 13.9. The van der Waals surface area contributed by atoms with Gasteiger partial charge < -0.3 is 15.0 Å². The van der Waals surface area contributed by atoms with Crippen molar-refractivity contribution < 1.29 is 13.9 Å². The number of ether oxygens (including phenoxy) is 1. The molecular formula is C35H36FN9O2. The van der Waals surface area contributed by atoms with Gasteiger partial charge in [0.05, 0.1) is 22.8 Å². The van der Waals surface area contributed by atoms with Crippen LogP contribution < -0.4 is 10.1 Å². The predicted molar refractivity (Wildman–Crippen MR) is 179 cm³/mol. The molecule has 1 saturated heterocycles. The van der Waals surface area contributed by atoms with Gasteiger partial charge in [-0.25, -0.2) is 19.3 Å². The summed E-state index contributed by atoms with van der Waals surface area (Å²) >= 11 is 0. The highest BCUT2D eigenvalue weighted by molar-refractivity contribution is 5.96. The number of aromatic amines is 2. The molecule has 1 aromatic carbocycles. The fraction of sp³-hybridized carbons (Fsp3) is 0.314. The lowest BCUT2D eigenvalue weighted by Crippen LogP contribution is -2.25. The Bertz CT molecular complexity index is 2080. The van der Waals surface area contributed by atoms with Crippen molar-refractivity contribution in [1.29, 1.82) is 0 Å². The van der Waals surface area contributed by atoms with E-state index < -0.39 is 0 Å². The molecule has 12 heteroatoms. The molecule has 47 heavy (non-hydrogen) atoms.